The summed E-state index contributed by atoms with van der Waals surface area (Å²) in [5.74, 6) is -2.69. The minimum atomic E-state index is -0.665. The summed E-state index contributed by atoms with van der Waals surface area (Å²) in [5.41, 5.74) is 0.987. The third kappa shape index (κ3) is 3.68. The van der Waals surface area contributed by atoms with Crippen LogP contribution < -0.4 is 5.32 Å². The lowest BCUT2D eigenvalue weighted by molar-refractivity contribution is -0.116. The SMILES string of the molecule is CCOC(=O)c1c(NC(=O)CN2C(=O)c3ccccc3C2=O)sc(C(C)=O)c1C. The molecule has 1 aromatic heterocycles. The Kier molecular flexibility index (Phi) is 5.60. The van der Waals surface area contributed by atoms with Crippen LogP contribution in [0.15, 0.2) is 24.3 Å². The first-order chi connectivity index (χ1) is 13.8. The average molecular weight is 414 g/mol. The lowest BCUT2D eigenvalue weighted by Gasteiger charge is -2.13. The number of thiophene rings is 1. The van der Waals surface area contributed by atoms with E-state index in [-0.39, 0.29) is 34.1 Å². The van der Waals surface area contributed by atoms with Crippen LogP contribution in [0.2, 0.25) is 0 Å². The Labute approximate surface area is 170 Å². The monoisotopic (exact) mass is 414 g/mol. The number of esters is 1. The molecule has 0 fully saturated rings. The molecule has 1 aliphatic heterocycles. The van der Waals surface area contributed by atoms with Crippen LogP contribution in [0.1, 0.15) is 60.2 Å². The molecule has 150 valence electrons. The highest BCUT2D eigenvalue weighted by atomic mass is 32.1. The van der Waals surface area contributed by atoms with E-state index in [9.17, 15) is 24.0 Å². The summed E-state index contributed by atoms with van der Waals surface area (Å²) in [6, 6.07) is 6.32. The normalized spacial score (nSPS) is 12.7. The molecule has 2 aromatic rings. The highest BCUT2D eigenvalue weighted by Gasteiger charge is 2.36. The van der Waals surface area contributed by atoms with Crippen molar-refractivity contribution in [3.8, 4) is 0 Å². The molecule has 1 aliphatic rings. The molecule has 8 nitrogen and oxygen atoms in total. The number of fused-ring (bicyclic) bond motifs is 1. The fraction of sp³-hybridized carbons (Fsp3) is 0.250. The maximum atomic E-state index is 12.5. The number of ether oxygens (including phenoxy) is 1. The smallest absolute Gasteiger partial charge is 0.341 e. The van der Waals surface area contributed by atoms with Crippen LogP contribution in [-0.4, -0.2) is 47.5 Å². The molecule has 1 aromatic carbocycles. The molecule has 9 heteroatoms. The van der Waals surface area contributed by atoms with Gasteiger partial charge in [-0.1, -0.05) is 12.1 Å². The molecule has 0 saturated carbocycles. The molecule has 0 unspecified atom stereocenters. The maximum absolute atomic E-state index is 12.5. The number of imide groups is 1. The van der Waals surface area contributed by atoms with Crippen LogP contribution >= 0.6 is 11.3 Å². The highest BCUT2D eigenvalue weighted by molar-refractivity contribution is 7.18. The molecule has 0 bridgehead atoms. The van der Waals surface area contributed by atoms with Gasteiger partial charge in [0, 0.05) is 0 Å². The van der Waals surface area contributed by atoms with Gasteiger partial charge in [0.05, 0.1) is 28.2 Å². The fourth-order valence-corrected chi connectivity index (χ4v) is 4.19. The van der Waals surface area contributed by atoms with E-state index in [0.29, 0.717) is 10.4 Å². The molecule has 3 amide bonds. The van der Waals surface area contributed by atoms with Gasteiger partial charge in [-0.05, 0) is 38.5 Å². The number of rotatable bonds is 6. The molecule has 0 spiro atoms. The standard InChI is InChI=1S/C20H18N2O6S/c1-4-28-20(27)15-10(2)16(11(3)23)29-17(15)21-14(24)9-22-18(25)12-7-5-6-8-13(12)19(22)26/h5-8H,4,9H2,1-3H3,(H,21,24). The number of carbonyl (C=O) groups excluding carboxylic acids is 5. The van der Waals surface area contributed by atoms with E-state index < -0.39 is 30.2 Å². The van der Waals surface area contributed by atoms with Gasteiger partial charge in [0.1, 0.15) is 11.5 Å². The maximum Gasteiger partial charge on any atom is 0.341 e. The number of Topliss-reactive ketones (excluding diaryl/α,β-unsaturated/α-hetero) is 1. The Bertz CT molecular complexity index is 1020. The second-order valence-corrected chi connectivity index (χ2v) is 7.35. The van der Waals surface area contributed by atoms with Gasteiger partial charge in [-0.15, -0.1) is 11.3 Å². The van der Waals surface area contributed by atoms with E-state index in [0.717, 1.165) is 16.2 Å². The Balaban J connectivity index is 1.84. The van der Waals surface area contributed by atoms with Crippen molar-refractivity contribution in [2.24, 2.45) is 0 Å². The number of hydrogen-bond acceptors (Lipinski definition) is 7. The van der Waals surface area contributed by atoms with E-state index in [1.54, 1.807) is 26.0 Å². The fourth-order valence-electron chi connectivity index (χ4n) is 3.08. The number of nitrogens with zero attached hydrogens (tertiary/aromatic N) is 1. The molecule has 1 N–H and O–H groups in total. The van der Waals surface area contributed by atoms with E-state index in [1.165, 1.54) is 19.1 Å². The van der Waals surface area contributed by atoms with Crippen LogP contribution in [0.5, 0.6) is 0 Å². The number of benzene rings is 1. The van der Waals surface area contributed by atoms with Crippen molar-refractivity contribution in [1.82, 2.24) is 4.90 Å². The third-order valence-electron chi connectivity index (χ3n) is 4.38. The summed E-state index contributed by atoms with van der Waals surface area (Å²) in [4.78, 5) is 62.7. The topological polar surface area (TPSA) is 110 Å². The first-order valence-corrected chi connectivity index (χ1v) is 9.64. The summed E-state index contributed by atoms with van der Waals surface area (Å²) in [6.45, 7) is 4.22. The Hall–Kier alpha value is -3.33. The van der Waals surface area contributed by atoms with Crippen LogP contribution in [0.25, 0.3) is 0 Å². The molecule has 3 rings (SSSR count). The second kappa shape index (κ2) is 7.96. The molecular formula is C20H18N2O6S. The van der Waals surface area contributed by atoms with Gasteiger partial charge >= 0.3 is 5.97 Å². The van der Waals surface area contributed by atoms with Gasteiger partial charge in [-0.2, -0.15) is 0 Å². The van der Waals surface area contributed by atoms with Crippen molar-refractivity contribution < 1.29 is 28.7 Å². The van der Waals surface area contributed by atoms with Crippen molar-refractivity contribution >= 4 is 45.8 Å². The molecule has 0 atom stereocenters. The van der Waals surface area contributed by atoms with Crippen molar-refractivity contribution in [3.05, 3.63) is 51.4 Å². The number of amides is 3. The number of hydrogen-bond donors (Lipinski definition) is 1. The van der Waals surface area contributed by atoms with E-state index in [2.05, 4.69) is 5.32 Å². The summed E-state index contributed by atoms with van der Waals surface area (Å²) < 4.78 is 5.02. The largest absolute Gasteiger partial charge is 0.462 e. The number of anilines is 1. The van der Waals surface area contributed by atoms with Gasteiger partial charge in [0.2, 0.25) is 5.91 Å². The van der Waals surface area contributed by atoms with Crippen molar-refractivity contribution in [2.75, 3.05) is 18.5 Å². The minimum Gasteiger partial charge on any atom is -0.462 e. The molecule has 0 radical (unpaired) electrons. The molecular weight excluding hydrogens is 396 g/mol. The first-order valence-electron chi connectivity index (χ1n) is 8.82. The van der Waals surface area contributed by atoms with Gasteiger partial charge in [-0.25, -0.2) is 4.79 Å². The Morgan fingerprint density at radius 3 is 2.21 bits per heavy atom. The number of ketones is 1. The van der Waals surface area contributed by atoms with Gasteiger partial charge in [-0.3, -0.25) is 24.1 Å². The van der Waals surface area contributed by atoms with Crippen LogP contribution in [0.4, 0.5) is 5.00 Å². The third-order valence-corrected chi connectivity index (χ3v) is 5.69. The van der Waals surface area contributed by atoms with Crippen LogP contribution in [0, 0.1) is 6.92 Å². The first kappa shape index (κ1) is 20.4. The zero-order chi connectivity index (χ0) is 21.3. The number of nitrogens with one attached hydrogen (secondary N) is 1. The Morgan fingerprint density at radius 1 is 1.10 bits per heavy atom. The summed E-state index contributed by atoms with van der Waals surface area (Å²) >= 11 is 0.953. The van der Waals surface area contributed by atoms with Crippen LogP contribution in [0.3, 0.4) is 0 Å². The molecule has 2 heterocycles. The predicted molar refractivity (Wildman–Crippen MR) is 105 cm³/mol. The second-order valence-electron chi connectivity index (χ2n) is 6.33. The van der Waals surface area contributed by atoms with Gasteiger partial charge in [0.15, 0.2) is 5.78 Å². The summed E-state index contributed by atoms with van der Waals surface area (Å²) in [5, 5.41) is 2.69. The minimum absolute atomic E-state index is 0.0951. The molecule has 0 saturated heterocycles. The lowest BCUT2D eigenvalue weighted by Crippen LogP contribution is -2.37. The summed E-state index contributed by atoms with van der Waals surface area (Å²) in [7, 11) is 0. The van der Waals surface area contributed by atoms with Crippen LogP contribution in [-0.2, 0) is 9.53 Å². The average Bonchev–Trinajstić information content (AvgIpc) is 3.12. The van der Waals surface area contributed by atoms with Crippen molar-refractivity contribution in [2.45, 2.75) is 20.8 Å². The highest BCUT2D eigenvalue weighted by Crippen LogP contribution is 2.34. The van der Waals surface area contributed by atoms with Crippen molar-refractivity contribution in [3.63, 3.8) is 0 Å². The van der Waals surface area contributed by atoms with Gasteiger partial charge in [0.25, 0.3) is 11.8 Å². The quantitative estimate of drug-likeness (QED) is 0.442. The lowest BCUT2D eigenvalue weighted by atomic mass is 10.1. The van der Waals surface area contributed by atoms with E-state index >= 15 is 0 Å². The zero-order valence-corrected chi connectivity index (χ0v) is 16.8. The van der Waals surface area contributed by atoms with Gasteiger partial charge < -0.3 is 10.1 Å². The number of carbonyl (C=O) groups is 5. The predicted octanol–water partition coefficient (Wildman–Crippen LogP) is 2.67. The Morgan fingerprint density at radius 2 is 1.69 bits per heavy atom. The van der Waals surface area contributed by atoms with Crippen molar-refractivity contribution in [1.29, 1.82) is 0 Å². The van der Waals surface area contributed by atoms with E-state index in [1.807, 2.05) is 0 Å². The molecule has 0 aliphatic carbocycles. The molecule has 29 heavy (non-hydrogen) atoms. The van der Waals surface area contributed by atoms with E-state index in [4.69, 9.17) is 4.74 Å². The zero-order valence-electron chi connectivity index (χ0n) is 16.0. The summed E-state index contributed by atoms with van der Waals surface area (Å²) in [6.07, 6.45) is 0.